The maximum Gasteiger partial charge on any atom is 0.280 e. The number of benzene rings is 1. The van der Waals surface area contributed by atoms with E-state index in [2.05, 4.69) is 15.9 Å². The third kappa shape index (κ3) is 3.16. The lowest BCUT2D eigenvalue weighted by Gasteiger charge is -2.41. The summed E-state index contributed by atoms with van der Waals surface area (Å²) in [5, 5.41) is 0. The zero-order chi connectivity index (χ0) is 19.9. The summed E-state index contributed by atoms with van der Waals surface area (Å²) in [6.07, 6.45) is 3.97. The second kappa shape index (κ2) is 6.69. The minimum atomic E-state index is -2.70. The summed E-state index contributed by atoms with van der Waals surface area (Å²) in [7, 11) is 0. The largest absolute Gasteiger partial charge is 0.333 e. The Morgan fingerprint density at radius 1 is 1.26 bits per heavy atom. The molecule has 0 fully saturated rings. The van der Waals surface area contributed by atoms with Crippen LogP contribution in [0.15, 0.2) is 29.4 Å². The van der Waals surface area contributed by atoms with Gasteiger partial charge < -0.3 is 4.90 Å². The van der Waals surface area contributed by atoms with Gasteiger partial charge in [-0.05, 0) is 44.5 Å². The van der Waals surface area contributed by atoms with E-state index in [0.29, 0.717) is 16.8 Å². The van der Waals surface area contributed by atoms with Crippen LogP contribution in [0.25, 0.3) is 0 Å². The fourth-order valence-corrected chi connectivity index (χ4v) is 3.19. The molecule has 0 atom stereocenters. The van der Waals surface area contributed by atoms with E-state index >= 15 is 0 Å². The van der Waals surface area contributed by atoms with Gasteiger partial charge in [-0.3, -0.25) is 9.98 Å². The van der Waals surface area contributed by atoms with E-state index in [9.17, 15) is 17.6 Å². The van der Waals surface area contributed by atoms with Gasteiger partial charge in [0.25, 0.3) is 6.43 Å². The van der Waals surface area contributed by atoms with Crippen LogP contribution in [0.2, 0.25) is 0 Å². The Hall–Kier alpha value is -2.88. The Labute approximate surface area is 154 Å². The minimum Gasteiger partial charge on any atom is -0.333 e. The molecule has 1 aromatic heterocycles. The summed E-state index contributed by atoms with van der Waals surface area (Å²) in [5.74, 6) is 0.401. The molecule has 0 amide bonds. The van der Waals surface area contributed by atoms with Gasteiger partial charge >= 0.3 is 0 Å². The smallest absolute Gasteiger partial charge is 0.280 e. The van der Waals surface area contributed by atoms with Crippen LogP contribution in [0, 0.1) is 30.9 Å². The van der Waals surface area contributed by atoms with Crippen molar-refractivity contribution in [3.8, 4) is 12.3 Å². The van der Waals surface area contributed by atoms with Gasteiger partial charge in [-0.2, -0.15) is 0 Å². The van der Waals surface area contributed by atoms with Crippen molar-refractivity contribution in [1.82, 2.24) is 4.98 Å². The number of aryl methyl sites for hydroxylation is 1. The van der Waals surface area contributed by atoms with Crippen LogP contribution in [0.3, 0.4) is 0 Å². The van der Waals surface area contributed by atoms with Crippen molar-refractivity contribution < 1.29 is 17.6 Å². The summed E-state index contributed by atoms with van der Waals surface area (Å²) in [4.78, 5) is 9.97. The van der Waals surface area contributed by atoms with Crippen molar-refractivity contribution in [1.29, 1.82) is 0 Å². The Bertz CT molecular complexity index is 974. The molecule has 1 aliphatic rings. The van der Waals surface area contributed by atoms with Gasteiger partial charge in [0.1, 0.15) is 11.4 Å². The van der Waals surface area contributed by atoms with Gasteiger partial charge in [-0.1, -0.05) is 5.92 Å². The monoisotopic (exact) mass is 375 g/mol. The second-order valence-electron chi connectivity index (χ2n) is 6.73. The first kappa shape index (κ1) is 18.9. The summed E-state index contributed by atoms with van der Waals surface area (Å²) in [6.45, 7) is 4.97. The van der Waals surface area contributed by atoms with Crippen LogP contribution in [-0.2, 0) is 0 Å². The van der Waals surface area contributed by atoms with Crippen molar-refractivity contribution in [2.45, 2.75) is 32.9 Å². The molecule has 3 rings (SSSR count). The molecule has 3 nitrogen and oxygen atoms in total. The van der Waals surface area contributed by atoms with E-state index in [4.69, 9.17) is 6.42 Å². The fraction of sp³-hybridized carbons (Fsp3) is 0.300. The first-order valence-electron chi connectivity index (χ1n) is 8.21. The van der Waals surface area contributed by atoms with E-state index in [0.717, 1.165) is 6.07 Å². The molecular formula is C20H17F4N3. The highest BCUT2D eigenvalue weighted by Crippen LogP contribution is 2.38. The number of alkyl halides is 2. The first-order valence-corrected chi connectivity index (χ1v) is 8.21. The number of aromatic nitrogens is 1. The number of fused-ring (bicyclic) bond motifs is 1. The lowest BCUT2D eigenvalue weighted by atomic mass is 9.94. The molecule has 0 bridgehead atoms. The molecule has 0 N–H and O–H groups in total. The number of nitrogens with zero attached hydrogens (tertiary/aromatic N) is 3. The second-order valence-corrected chi connectivity index (χ2v) is 6.73. The molecule has 0 spiro atoms. The number of hydrogen-bond donors (Lipinski definition) is 0. The zero-order valence-corrected chi connectivity index (χ0v) is 15.0. The average Bonchev–Trinajstić information content (AvgIpc) is 2.59. The molecule has 140 valence electrons. The Kier molecular flexibility index (Phi) is 4.68. The molecular weight excluding hydrogens is 358 g/mol. The number of anilines is 1. The normalized spacial score (nSPS) is 15.4. The summed E-state index contributed by atoms with van der Waals surface area (Å²) >= 11 is 0. The number of terminal acetylenes is 1. The van der Waals surface area contributed by atoms with E-state index in [1.54, 1.807) is 13.8 Å². The first-order chi connectivity index (χ1) is 12.7. The van der Waals surface area contributed by atoms with Crippen LogP contribution in [0.5, 0.6) is 0 Å². The summed E-state index contributed by atoms with van der Waals surface area (Å²) in [6, 6.07) is 3.93. The van der Waals surface area contributed by atoms with Gasteiger partial charge in [-0.25, -0.2) is 17.6 Å². The highest BCUT2D eigenvalue weighted by molar-refractivity contribution is 6.17. The van der Waals surface area contributed by atoms with Gasteiger partial charge in [0.15, 0.2) is 11.6 Å². The van der Waals surface area contributed by atoms with Gasteiger partial charge in [-0.15, -0.1) is 6.42 Å². The summed E-state index contributed by atoms with van der Waals surface area (Å²) < 4.78 is 54.6. The Balaban J connectivity index is 2.25. The molecule has 1 aromatic carbocycles. The van der Waals surface area contributed by atoms with E-state index in [-0.39, 0.29) is 23.5 Å². The van der Waals surface area contributed by atoms with Crippen LogP contribution in [-0.4, -0.2) is 22.9 Å². The third-order valence-corrected chi connectivity index (χ3v) is 4.49. The number of aliphatic imine (C=N–C) groups is 1. The summed E-state index contributed by atoms with van der Waals surface area (Å²) in [5.41, 5.74) is 0.106. The van der Waals surface area contributed by atoms with Gasteiger partial charge in [0, 0.05) is 17.3 Å². The SMILES string of the molecule is C#CCN1c2c(ccc(F)c2F)C(c2cnc(C(F)F)c(C)c2)=NC1(C)C. The molecule has 0 saturated heterocycles. The molecule has 7 heteroatoms. The van der Waals surface area contributed by atoms with Crippen LogP contribution in [0.1, 0.15) is 42.7 Å². The van der Waals surface area contributed by atoms with Gasteiger partial charge in [0.05, 0.1) is 17.9 Å². The molecule has 1 aliphatic heterocycles. The topological polar surface area (TPSA) is 28.5 Å². The van der Waals surface area contributed by atoms with E-state index in [1.807, 2.05) is 0 Å². The predicted octanol–water partition coefficient (Wildman–Crippen LogP) is 4.63. The van der Waals surface area contributed by atoms with Crippen LogP contribution in [0.4, 0.5) is 23.2 Å². The molecule has 27 heavy (non-hydrogen) atoms. The molecule has 2 heterocycles. The lowest BCUT2D eigenvalue weighted by molar-refractivity contribution is 0.145. The number of rotatable bonds is 3. The number of pyridine rings is 1. The molecule has 2 aromatic rings. The van der Waals surface area contributed by atoms with Crippen molar-refractivity contribution in [3.63, 3.8) is 0 Å². The zero-order valence-electron chi connectivity index (χ0n) is 15.0. The van der Waals surface area contributed by atoms with Crippen molar-refractivity contribution in [2.75, 3.05) is 11.4 Å². The average molecular weight is 375 g/mol. The Morgan fingerprint density at radius 3 is 2.56 bits per heavy atom. The quantitative estimate of drug-likeness (QED) is 0.578. The van der Waals surface area contributed by atoms with E-state index < -0.39 is 23.7 Å². The fourth-order valence-electron chi connectivity index (χ4n) is 3.19. The maximum absolute atomic E-state index is 14.7. The van der Waals surface area contributed by atoms with Crippen LogP contribution < -0.4 is 4.90 Å². The predicted molar refractivity (Wildman–Crippen MR) is 96.2 cm³/mol. The molecule has 0 radical (unpaired) electrons. The Morgan fingerprint density at radius 2 is 1.96 bits per heavy atom. The van der Waals surface area contributed by atoms with Crippen molar-refractivity contribution >= 4 is 11.4 Å². The molecule has 0 saturated carbocycles. The highest BCUT2D eigenvalue weighted by Gasteiger charge is 2.37. The van der Waals surface area contributed by atoms with Crippen molar-refractivity contribution in [3.05, 3.63) is 58.4 Å². The molecule has 0 aliphatic carbocycles. The number of hydrogen-bond acceptors (Lipinski definition) is 3. The maximum atomic E-state index is 14.7. The van der Waals surface area contributed by atoms with E-state index in [1.165, 1.54) is 30.2 Å². The van der Waals surface area contributed by atoms with Crippen LogP contribution >= 0.6 is 0 Å². The highest BCUT2D eigenvalue weighted by atomic mass is 19.3. The lowest BCUT2D eigenvalue weighted by Crippen LogP contribution is -2.47. The minimum absolute atomic E-state index is 0.00135. The third-order valence-electron chi connectivity index (χ3n) is 4.49. The van der Waals surface area contributed by atoms with Gasteiger partial charge in [0.2, 0.25) is 0 Å². The van der Waals surface area contributed by atoms with Crippen molar-refractivity contribution in [2.24, 2.45) is 4.99 Å². The number of halogens is 4. The molecule has 0 unspecified atom stereocenters. The standard InChI is InChI=1S/C20H17F4N3/c1-5-8-27-18-13(6-7-14(21)15(18)22)17(26-20(27,3)4)12-9-11(2)16(19(23)24)25-10-12/h1,6-7,9-10,19H,8H2,2-4H3.